The maximum atomic E-state index is 13.2. The van der Waals surface area contributed by atoms with E-state index in [0.29, 0.717) is 0 Å². The van der Waals surface area contributed by atoms with Crippen LogP contribution in [0.5, 0.6) is 5.75 Å². The minimum absolute atomic E-state index is 0.00971. The molecule has 0 radical (unpaired) electrons. The fourth-order valence-electron chi connectivity index (χ4n) is 5.71. The molecule has 0 unspecified atom stereocenters. The molecular formula is C29H34N4O3. The van der Waals surface area contributed by atoms with Crippen LogP contribution in [0.1, 0.15) is 38.1 Å². The molecule has 7 nitrogen and oxygen atoms in total. The molecule has 6 rings (SSSR count). The number of pyridine rings is 1. The molecule has 0 N–H and O–H groups in total. The number of hydrogen-bond acceptors (Lipinski definition) is 5. The third-order valence-electron chi connectivity index (χ3n) is 7.96. The Kier molecular flexibility index (Phi) is 6.27. The zero-order chi connectivity index (χ0) is 24.6. The van der Waals surface area contributed by atoms with Gasteiger partial charge in [0.05, 0.1) is 35.5 Å². The minimum Gasteiger partial charge on any atom is -0.494 e. The largest absolute Gasteiger partial charge is 0.494 e. The molecule has 3 heterocycles. The number of aromatic nitrogens is 3. The Morgan fingerprint density at radius 1 is 1.03 bits per heavy atom. The summed E-state index contributed by atoms with van der Waals surface area (Å²) in [5, 5.41) is 1.01. The van der Waals surface area contributed by atoms with E-state index < -0.39 is 0 Å². The van der Waals surface area contributed by atoms with Crippen molar-refractivity contribution in [3.05, 3.63) is 59.1 Å². The van der Waals surface area contributed by atoms with Crippen LogP contribution in [0.15, 0.2) is 53.5 Å². The second kappa shape index (κ2) is 9.71. The molecule has 0 bridgehead atoms. The van der Waals surface area contributed by atoms with Gasteiger partial charge in [0, 0.05) is 32.1 Å². The maximum Gasteiger partial charge on any atom is 0.329 e. The molecule has 1 saturated carbocycles. The summed E-state index contributed by atoms with van der Waals surface area (Å²) in [4.78, 5) is 20.4. The number of rotatable bonds is 8. The lowest BCUT2D eigenvalue weighted by molar-refractivity contribution is 0.00635. The first-order valence-corrected chi connectivity index (χ1v) is 13.1. The number of benzene rings is 2. The molecule has 36 heavy (non-hydrogen) atoms. The summed E-state index contributed by atoms with van der Waals surface area (Å²) in [5.74, 6) is 0.902. The lowest BCUT2D eigenvalue weighted by atomic mass is 9.89. The molecule has 1 saturated heterocycles. The van der Waals surface area contributed by atoms with E-state index in [1.54, 1.807) is 11.7 Å². The van der Waals surface area contributed by atoms with Gasteiger partial charge in [0.25, 0.3) is 0 Å². The number of ether oxygens (including phenoxy) is 2. The third-order valence-corrected chi connectivity index (χ3v) is 7.96. The molecule has 4 aromatic rings. The van der Waals surface area contributed by atoms with Crippen LogP contribution in [-0.2, 0) is 11.8 Å². The molecular weight excluding hydrogens is 452 g/mol. The van der Waals surface area contributed by atoms with Gasteiger partial charge in [-0.1, -0.05) is 18.2 Å². The molecule has 1 aliphatic heterocycles. The Morgan fingerprint density at radius 3 is 2.53 bits per heavy atom. The topological polar surface area (TPSA) is 61.5 Å². The summed E-state index contributed by atoms with van der Waals surface area (Å²) in [5.41, 5.74) is 4.95. The second-order valence-electron chi connectivity index (χ2n) is 10.2. The van der Waals surface area contributed by atoms with Gasteiger partial charge in [0.15, 0.2) is 0 Å². The van der Waals surface area contributed by atoms with Crippen LogP contribution >= 0.6 is 0 Å². The van der Waals surface area contributed by atoms with E-state index in [1.807, 2.05) is 36.0 Å². The van der Waals surface area contributed by atoms with Gasteiger partial charge in [-0.05, 0) is 80.6 Å². The number of imidazole rings is 1. The zero-order valence-corrected chi connectivity index (χ0v) is 21.2. The summed E-state index contributed by atoms with van der Waals surface area (Å²) in [6.07, 6.45) is 7.47. The average Bonchev–Trinajstić information content (AvgIpc) is 3.49. The minimum atomic E-state index is 0.00971. The van der Waals surface area contributed by atoms with Crippen molar-refractivity contribution in [2.24, 2.45) is 7.05 Å². The smallest absolute Gasteiger partial charge is 0.329 e. The summed E-state index contributed by atoms with van der Waals surface area (Å²) < 4.78 is 15.1. The van der Waals surface area contributed by atoms with Crippen molar-refractivity contribution in [3.63, 3.8) is 0 Å². The van der Waals surface area contributed by atoms with Gasteiger partial charge in [-0.3, -0.25) is 14.1 Å². The third kappa shape index (κ3) is 4.20. The molecule has 7 heteroatoms. The monoisotopic (exact) mass is 486 g/mol. The first-order valence-electron chi connectivity index (χ1n) is 13.1. The van der Waals surface area contributed by atoms with Crippen LogP contribution in [0.3, 0.4) is 0 Å². The predicted molar refractivity (Wildman–Crippen MR) is 143 cm³/mol. The summed E-state index contributed by atoms with van der Waals surface area (Å²) in [6, 6.07) is 14.8. The normalized spacial score (nSPS) is 20.3. The van der Waals surface area contributed by atoms with Crippen molar-refractivity contribution in [1.29, 1.82) is 0 Å². The molecule has 0 amide bonds. The first-order chi connectivity index (χ1) is 17.6. The highest BCUT2D eigenvalue weighted by atomic mass is 16.5. The highest BCUT2D eigenvalue weighted by Gasteiger charge is 2.33. The molecule has 0 spiro atoms. The Labute approximate surface area is 211 Å². The highest BCUT2D eigenvalue weighted by molar-refractivity contribution is 6.04. The highest BCUT2D eigenvalue weighted by Crippen LogP contribution is 2.37. The van der Waals surface area contributed by atoms with Crippen LogP contribution in [0.4, 0.5) is 0 Å². The van der Waals surface area contributed by atoms with Crippen LogP contribution in [0.2, 0.25) is 0 Å². The van der Waals surface area contributed by atoms with Crippen molar-refractivity contribution in [1.82, 2.24) is 19.0 Å². The number of likely N-dealkylation sites (tertiary alicyclic amines) is 1. The van der Waals surface area contributed by atoms with E-state index >= 15 is 0 Å². The molecule has 1 aliphatic carbocycles. The number of fused-ring (bicyclic) bond motifs is 3. The number of hydrogen-bond donors (Lipinski definition) is 0. The molecule has 2 aromatic carbocycles. The Hall–Kier alpha value is -3.16. The Morgan fingerprint density at radius 2 is 1.78 bits per heavy atom. The zero-order valence-electron chi connectivity index (χ0n) is 21.2. The van der Waals surface area contributed by atoms with E-state index in [1.165, 1.54) is 25.9 Å². The van der Waals surface area contributed by atoms with Crippen molar-refractivity contribution in [2.45, 2.75) is 44.2 Å². The van der Waals surface area contributed by atoms with Crippen LogP contribution < -0.4 is 10.4 Å². The lowest BCUT2D eigenvalue weighted by Crippen LogP contribution is -2.37. The van der Waals surface area contributed by atoms with Crippen molar-refractivity contribution >= 4 is 21.9 Å². The van der Waals surface area contributed by atoms with E-state index in [0.717, 1.165) is 71.2 Å². The van der Waals surface area contributed by atoms with Crippen molar-refractivity contribution in [2.75, 3.05) is 33.4 Å². The first kappa shape index (κ1) is 23.3. The van der Waals surface area contributed by atoms with Crippen LogP contribution in [0, 0.1) is 0 Å². The quantitative estimate of drug-likeness (QED) is 0.336. The average molecular weight is 487 g/mol. The van der Waals surface area contributed by atoms with Gasteiger partial charge in [0.2, 0.25) is 0 Å². The fourth-order valence-corrected chi connectivity index (χ4v) is 5.71. The van der Waals surface area contributed by atoms with Crippen molar-refractivity contribution < 1.29 is 9.47 Å². The molecule has 0 atom stereocenters. The van der Waals surface area contributed by atoms with Gasteiger partial charge in [-0.25, -0.2) is 4.79 Å². The fraction of sp³-hybridized carbons (Fsp3) is 0.448. The molecule has 2 aromatic heterocycles. The Balaban J connectivity index is 1.26. The summed E-state index contributed by atoms with van der Waals surface area (Å²) >= 11 is 0. The predicted octanol–water partition coefficient (Wildman–Crippen LogP) is 4.77. The van der Waals surface area contributed by atoms with Gasteiger partial charge < -0.3 is 14.4 Å². The van der Waals surface area contributed by atoms with Crippen LogP contribution in [-0.4, -0.2) is 58.5 Å². The summed E-state index contributed by atoms with van der Waals surface area (Å²) in [6.45, 7) is 4.33. The van der Waals surface area contributed by atoms with Gasteiger partial charge in [0.1, 0.15) is 5.75 Å². The van der Waals surface area contributed by atoms with Gasteiger partial charge in [-0.2, -0.15) is 0 Å². The molecule has 2 fully saturated rings. The van der Waals surface area contributed by atoms with E-state index in [4.69, 9.17) is 9.47 Å². The SMILES string of the molecule is COC1CC(n2c(=O)n(C)c3cnc4ccc(-c5ccc(OCCCN6CCCC6)cc5)cc4c32)C1. The van der Waals surface area contributed by atoms with E-state index in [2.05, 4.69) is 34.1 Å². The van der Waals surface area contributed by atoms with E-state index in [-0.39, 0.29) is 17.8 Å². The maximum absolute atomic E-state index is 13.2. The molecule has 188 valence electrons. The molecule has 2 aliphatic rings. The van der Waals surface area contributed by atoms with Gasteiger partial charge >= 0.3 is 5.69 Å². The summed E-state index contributed by atoms with van der Waals surface area (Å²) in [7, 11) is 3.57. The van der Waals surface area contributed by atoms with Crippen molar-refractivity contribution in [3.8, 4) is 16.9 Å². The second-order valence-corrected chi connectivity index (χ2v) is 10.2. The van der Waals surface area contributed by atoms with Gasteiger partial charge in [-0.15, -0.1) is 0 Å². The number of aryl methyl sites for hydroxylation is 1. The van der Waals surface area contributed by atoms with E-state index in [9.17, 15) is 4.79 Å². The number of methoxy groups -OCH3 is 1. The standard InChI is InChI=1S/C29H34N4O3/c1-31-27-19-30-26-11-8-21(16-25(26)28(27)33(29(31)34)22-17-24(18-22)35-2)20-6-9-23(10-7-20)36-15-5-14-32-12-3-4-13-32/h6-11,16,19,22,24H,3-5,12-15,17-18H2,1-2H3. The number of nitrogens with zero attached hydrogens (tertiary/aromatic N) is 4. The van der Waals surface area contributed by atoms with Crippen LogP contribution in [0.25, 0.3) is 33.1 Å². The lowest BCUT2D eigenvalue weighted by Gasteiger charge is -2.34. The Bertz CT molecular complexity index is 1430.